The van der Waals surface area contributed by atoms with Crippen molar-refractivity contribution in [1.29, 1.82) is 0 Å². The minimum Gasteiger partial charge on any atom is -0.393 e. The van der Waals surface area contributed by atoms with Crippen molar-refractivity contribution in [1.82, 2.24) is 0 Å². The smallest absolute Gasteiger partial charge is 0.0568 e. The Morgan fingerprint density at radius 1 is 1.29 bits per heavy atom. The zero-order valence-corrected chi connectivity index (χ0v) is 10.2. The van der Waals surface area contributed by atoms with Crippen LogP contribution >= 0.6 is 0 Å². The van der Waals surface area contributed by atoms with Gasteiger partial charge in [0.2, 0.25) is 0 Å². The van der Waals surface area contributed by atoms with E-state index in [-0.39, 0.29) is 6.10 Å². The van der Waals surface area contributed by atoms with Gasteiger partial charge in [-0.2, -0.15) is 0 Å². The highest BCUT2D eigenvalue weighted by Crippen LogP contribution is 2.35. The Balaban J connectivity index is 2.25. The first-order valence-corrected chi connectivity index (χ1v) is 6.06. The van der Waals surface area contributed by atoms with E-state index in [1.165, 1.54) is 19.3 Å². The minimum atomic E-state index is -0.0424. The molecule has 1 fully saturated rings. The molecule has 84 valence electrons. The molecule has 1 aliphatic rings. The maximum absolute atomic E-state index is 10.0. The molecule has 1 saturated carbocycles. The van der Waals surface area contributed by atoms with Crippen LogP contribution in [-0.4, -0.2) is 11.2 Å². The lowest BCUT2D eigenvalue weighted by atomic mass is 9.86. The first-order chi connectivity index (χ1) is 6.38. The highest BCUT2D eigenvalue weighted by Gasteiger charge is 2.28. The minimum absolute atomic E-state index is 0.0424. The second-order valence-corrected chi connectivity index (χ2v) is 6.34. The quantitative estimate of drug-likeness (QED) is 0.734. The van der Waals surface area contributed by atoms with Gasteiger partial charge in [0.15, 0.2) is 0 Å². The fourth-order valence-electron chi connectivity index (χ4n) is 2.42. The average molecular weight is 198 g/mol. The Labute approximate surface area is 88.9 Å². The van der Waals surface area contributed by atoms with Crippen LogP contribution in [0.2, 0.25) is 0 Å². The van der Waals surface area contributed by atoms with Gasteiger partial charge in [0, 0.05) is 0 Å². The highest BCUT2D eigenvalue weighted by molar-refractivity contribution is 4.79. The van der Waals surface area contributed by atoms with Crippen molar-refractivity contribution < 1.29 is 5.11 Å². The van der Waals surface area contributed by atoms with E-state index in [1.54, 1.807) is 0 Å². The molecule has 0 heterocycles. The van der Waals surface area contributed by atoms with Gasteiger partial charge in [-0.05, 0) is 42.9 Å². The van der Waals surface area contributed by atoms with Crippen molar-refractivity contribution in [2.45, 2.75) is 65.9 Å². The van der Waals surface area contributed by atoms with E-state index in [0.717, 1.165) is 18.8 Å². The first kappa shape index (κ1) is 12.0. The molecule has 0 saturated heterocycles. The summed E-state index contributed by atoms with van der Waals surface area (Å²) in [5, 5.41) is 10.0. The summed E-state index contributed by atoms with van der Waals surface area (Å²) in [6.45, 7) is 9.04. The molecule has 0 aliphatic heterocycles. The fourth-order valence-corrected chi connectivity index (χ4v) is 2.42. The molecular formula is C13H26O. The summed E-state index contributed by atoms with van der Waals surface area (Å²) in [6, 6.07) is 0. The van der Waals surface area contributed by atoms with Crippen molar-refractivity contribution in [3.05, 3.63) is 0 Å². The van der Waals surface area contributed by atoms with Gasteiger partial charge >= 0.3 is 0 Å². The van der Waals surface area contributed by atoms with Gasteiger partial charge in [0.25, 0.3) is 0 Å². The molecule has 0 aromatic heterocycles. The number of aliphatic hydroxyl groups is 1. The molecule has 1 rings (SSSR count). The Hall–Kier alpha value is -0.0400. The van der Waals surface area contributed by atoms with Crippen LogP contribution in [-0.2, 0) is 0 Å². The number of rotatable bonds is 3. The number of hydrogen-bond acceptors (Lipinski definition) is 1. The second-order valence-electron chi connectivity index (χ2n) is 6.34. The lowest BCUT2D eigenvalue weighted by molar-refractivity contribution is 0.0872. The third kappa shape index (κ3) is 4.00. The summed E-state index contributed by atoms with van der Waals surface area (Å²) in [5.74, 6) is 1.43. The molecule has 0 spiro atoms. The monoisotopic (exact) mass is 198 g/mol. The molecule has 0 radical (unpaired) electrons. The van der Waals surface area contributed by atoms with E-state index in [2.05, 4.69) is 27.7 Å². The molecule has 1 N–H and O–H groups in total. The van der Waals surface area contributed by atoms with Crippen LogP contribution in [0.4, 0.5) is 0 Å². The Bertz CT molecular complexity index is 169. The van der Waals surface area contributed by atoms with Crippen LogP contribution in [0.25, 0.3) is 0 Å². The topological polar surface area (TPSA) is 20.2 Å². The standard InChI is InChI=1S/C13H26O/c1-10-5-6-11(9-10)12(14)7-8-13(2,3)4/h10-12,14H,5-9H2,1-4H3. The second kappa shape index (κ2) is 4.65. The Kier molecular flexibility index (Phi) is 4.00. The van der Waals surface area contributed by atoms with Crippen LogP contribution in [0.3, 0.4) is 0 Å². The summed E-state index contributed by atoms with van der Waals surface area (Å²) in [4.78, 5) is 0. The highest BCUT2D eigenvalue weighted by atomic mass is 16.3. The van der Waals surface area contributed by atoms with Crippen molar-refractivity contribution in [2.24, 2.45) is 17.3 Å². The van der Waals surface area contributed by atoms with Crippen molar-refractivity contribution in [3.8, 4) is 0 Å². The molecule has 1 heteroatoms. The average Bonchev–Trinajstić information content (AvgIpc) is 2.46. The largest absolute Gasteiger partial charge is 0.393 e. The van der Waals surface area contributed by atoms with Crippen LogP contribution < -0.4 is 0 Å². The normalized spacial score (nSPS) is 30.6. The Morgan fingerprint density at radius 3 is 2.36 bits per heavy atom. The van der Waals surface area contributed by atoms with E-state index in [4.69, 9.17) is 0 Å². The van der Waals surface area contributed by atoms with E-state index in [0.29, 0.717) is 11.3 Å². The van der Waals surface area contributed by atoms with Gasteiger partial charge < -0.3 is 5.11 Å². The van der Waals surface area contributed by atoms with Crippen LogP contribution in [0.15, 0.2) is 0 Å². The van der Waals surface area contributed by atoms with Gasteiger partial charge in [-0.25, -0.2) is 0 Å². The summed E-state index contributed by atoms with van der Waals surface area (Å²) in [6.07, 6.45) is 5.88. The Morgan fingerprint density at radius 2 is 1.93 bits per heavy atom. The molecule has 0 aromatic rings. The van der Waals surface area contributed by atoms with Crippen LogP contribution in [0.1, 0.15) is 59.8 Å². The maximum Gasteiger partial charge on any atom is 0.0568 e. The van der Waals surface area contributed by atoms with E-state index >= 15 is 0 Å². The van der Waals surface area contributed by atoms with E-state index < -0.39 is 0 Å². The zero-order valence-electron chi connectivity index (χ0n) is 10.2. The third-order valence-electron chi connectivity index (χ3n) is 3.47. The molecule has 1 nitrogen and oxygen atoms in total. The van der Waals surface area contributed by atoms with E-state index in [1.807, 2.05) is 0 Å². The SMILES string of the molecule is CC1CCC(C(O)CCC(C)(C)C)C1. The molecular weight excluding hydrogens is 172 g/mol. The van der Waals surface area contributed by atoms with Gasteiger partial charge in [0.05, 0.1) is 6.10 Å². The lowest BCUT2D eigenvalue weighted by Crippen LogP contribution is -2.20. The molecule has 3 atom stereocenters. The molecule has 14 heavy (non-hydrogen) atoms. The summed E-state index contributed by atoms with van der Waals surface area (Å²) in [5.41, 5.74) is 0.366. The van der Waals surface area contributed by atoms with Crippen molar-refractivity contribution in [2.75, 3.05) is 0 Å². The summed E-state index contributed by atoms with van der Waals surface area (Å²) >= 11 is 0. The van der Waals surface area contributed by atoms with Gasteiger partial charge in [0.1, 0.15) is 0 Å². The van der Waals surface area contributed by atoms with Crippen LogP contribution in [0.5, 0.6) is 0 Å². The molecule has 3 unspecified atom stereocenters. The van der Waals surface area contributed by atoms with Crippen LogP contribution in [0, 0.1) is 17.3 Å². The maximum atomic E-state index is 10.0. The van der Waals surface area contributed by atoms with Crippen molar-refractivity contribution in [3.63, 3.8) is 0 Å². The van der Waals surface area contributed by atoms with E-state index in [9.17, 15) is 5.11 Å². The third-order valence-corrected chi connectivity index (χ3v) is 3.47. The summed E-state index contributed by atoms with van der Waals surface area (Å²) in [7, 11) is 0. The fraction of sp³-hybridized carbons (Fsp3) is 1.00. The first-order valence-electron chi connectivity index (χ1n) is 6.06. The molecule has 0 aromatic carbocycles. The van der Waals surface area contributed by atoms with Gasteiger partial charge in [-0.1, -0.05) is 34.1 Å². The predicted octanol–water partition coefficient (Wildman–Crippen LogP) is 3.61. The lowest BCUT2D eigenvalue weighted by Gasteiger charge is -2.23. The predicted molar refractivity (Wildman–Crippen MR) is 61.2 cm³/mol. The zero-order chi connectivity index (χ0) is 10.8. The molecule has 1 aliphatic carbocycles. The number of aliphatic hydroxyl groups excluding tert-OH is 1. The molecule has 0 amide bonds. The van der Waals surface area contributed by atoms with Crippen molar-refractivity contribution >= 4 is 0 Å². The summed E-state index contributed by atoms with van der Waals surface area (Å²) < 4.78 is 0. The van der Waals surface area contributed by atoms with Gasteiger partial charge in [-0.15, -0.1) is 0 Å². The van der Waals surface area contributed by atoms with Gasteiger partial charge in [-0.3, -0.25) is 0 Å². The number of hydrogen-bond donors (Lipinski definition) is 1. The molecule has 0 bridgehead atoms.